The fourth-order valence-electron chi connectivity index (χ4n) is 1.98. The van der Waals surface area contributed by atoms with E-state index < -0.39 is 23.7 Å². The normalized spacial score (nSPS) is 13.2. The molecule has 21 heavy (non-hydrogen) atoms. The van der Waals surface area contributed by atoms with Crippen LogP contribution in [0.15, 0.2) is 42.5 Å². The van der Waals surface area contributed by atoms with Crippen LogP contribution in [-0.2, 0) is 12.6 Å². The van der Waals surface area contributed by atoms with E-state index in [0.29, 0.717) is 14.7 Å². The van der Waals surface area contributed by atoms with Gasteiger partial charge in [-0.05, 0) is 51.9 Å². The zero-order chi connectivity index (χ0) is 15.6. The highest BCUT2D eigenvalue weighted by molar-refractivity contribution is 14.1. The molecule has 0 aromatic heterocycles. The van der Waals surface area contributed by atoms with Gasteiger partial charge in [0.2, 0.25) is 0 Å². The lowest BCUT2D eigenvalue weighted by Gasteiger charge is -2.14. The Morgan fingerprint density at radius 1 is 1.10 bits per heavy atom. The second-order valence-corrected chi connectivity index (χ2v) is 5.75. The molecule has 0 aliphatic heterocycles. The zero-order valence-electron chi connectivity index (χ0n) is 10.7. The summed E-state index contributed by atoms with van der Waals surface area (Å²) in [4.78, 5) is 0. The van der Waals surface area contributed by atoms with Crippen molar-refractivity contribution in [2.75, 3.05) is 0 Å². The Labute approximate surface area is 132 Å². The standard InChI is InChI=1S/C15H11F4IO/c16-11-4-5-12(13(20)8-11)14(21)7-9-2-1-3-10(6-9)15(17,18)19/h1-6,8,14,21H,7H2. The third-order valence-electron chi connectivity index (χ3n) is 3.00. The first-order valence-corrected chi connectivity index (χ1v) is 7.14. The van der Waals surface area contributed by atoms with Crippen LogP contribution in [0.1, 0.15) is 22.8 Å². The average Bonchev–Trinajstić information content (AvgIpc) is 2.37. The quantitative estimate of drug-likeness (QED) is 0.574. The van der Waals surface area contributed by atoms with Crippen molar-refractivity contribution >= 4 is 22.6 Å². The summed E-state index contributed by atoms with van der Waals surface area (Å²) < 4.78 is 51.4. The third-order valence-corrected chi connectivity index (χ3v) is 3.94. The van der Waals surface area contributed by atoms with E-state index in [1.807, 2.05) is 22.6 Å². The molecule has 6 heteroatoms. The van der Waals surface area contributed by atoms with Gasteiger partial charge in [0.25, 0.3) is 0 Å². The summed E-state index contributed by atoms with van der Waals surface area (Å²) in [6, 6.07) is 8.75. The molecule has 1 nitrogen and oxygen atoms in total. The molecule has 0 aliphatic carbocycles. The largest absolute Gasteiger partial charge is 0.416 e. The SMILES string of the molecule is OC(Cc1cccc(C(F)(F)F)c1)c1ccc(F)cc1I. The summed E-state index contributed by atoms with van der Waals surface area (Å²) in [5, 5.41) is 10.1. The molecule has 1 N–H and O–H groups in total. The second-order valence-electron chi connectivity index (χ2n) is 4.58. The molecule has 2 aromatic rings. The van der Waals surface area contributed by atoms with Crippen molar-refractivity contribution in [3.8, 4) is 0 Å². The first-order chi connectivity index (χ1) is 9.77. The number of hydrogen-bond acceptors (Lipinski definition) is 1. The number of alkyl halides is 3. The summed E-state index contributed by atoms with van der Waals surface area (Å²) in [5.74, 6) is -0.422. The van der Waals surface area contributed by atoms with Crippen molar-refractivity contribution in [1.29, 1.82) is 0 Å². The van der Waals surface area contributed by atoms with Crippen molar-refractivity contribution < 1.29 is 22.7 Å². The molecule has 2 aromatic carbocycles. The van der Waals surface area contributed by atoms with Gasteiger partial charge in [-0.15, -0.1) is 0 Å². The average molecular weight is 410 g/mol. The summed E-state index contributed by atoms with van der Waals surface area (Å²) in [7, 11) is 0. The Balaban J connectivity index is 2.21. The van der Waals surface area contributed by atoms with Gasteiger partial charge in [-0.3, -0.25) is 0 Å². The number of aliphatic hydroxyl groups excluding tert-OH is 1. The van der Waals surface area contributed by atoms with Crippen molar-refractivity contribution in [3.05, 3.63) is 68.5 Å². The van der Waals surface area contributed by atoms with Gasteiger partial charge < -0.3 is 5.11 Å². The van der Waals surface area contributed by atoms with Crippen LogP contribution in [0.25, 0.3) is 0 Å². The molecule has 0 radical (unpaired) electrons. The highest BCUT2D eigenvalue weighted by Crippen LogP contribution is 2.31. The van der Waals surface area contributed by atoms with E-state index in [1.54, 1.807) is 0 Å². The molecule has 0 spiro atoms. The topological polar surface area (TPSA) is 20.2 Å². The van der Waals surface area contributed by atoms with Gasteiger partial charge in [0.15, 0.2) is 0 Å². The van der Waals surface area contributed by atoms with Crippen LogP contribution in [0.5, 0.6) is 0 Å². The molecule has 0 bridgehead atoms. The van der Waals surface area contributed by atoms with Crippen LogP contribution in [0.3, 0.4) is 0 Å². The fourth-order valence-corrected chi connectivity index (χ4v) is 2.82. The van der Waals surface area contributed by atoms with E-state index in [-0.39, 0.29) is 6.42 Å². The van der Waals surface area contributed by atoms with E-state index in [2.05, 4.69) is 0 Å². The molecule has 1 unspecified atom stereocenters. The lowest BCUT2D eigenvalue weighted by atomic mass is 10.00. The van der Waals surface area contributed by atoms with E-state index in [1.165, 1.54) is 30.3 Å². The van der Waals surface area contributed by atoms with E-state index in [9.17, 15) is 22.7 Å². The second kappa shape index (κ2) is 6.31. The Morgan fingerprint density at radius 2 is 1.81 bits per heavy atom. The molecule has 0 heterocycles. The first-order valence-electron chi connectivity index (χ1n) is 6.06. The van der Waals surface area contributed by atoms with Crippen molar-refractivity contribution in [3.63, 3.8) is 0 Å². The van der Waals surface area contributed by atoms with Crippen LogP contribution in [0.4, 0.5) is 17.6 Å². The number of benzene rings is 2. The predicted molar refractivity (Wildman–Crippen MR) is 79.2 cm³/mol. The monoisotopic (exact) mass is 410 g/mol. The molecule has 0 fully saturated rings. The third kappa shape index (κ3) is 4.16. The summed E-state index contributed by atoms with van der Waals surface area (Å²) in [5.41, 5.74) is 0.118. The molecule has 0 saturated carbocycles. The number of halogens is 5. The summed E-state index contributed by atoms with van der Waals surface area (Å²) >= 11 is 1.88. The van der Waals surface area contributed by atoms with Gasteiger partial charge in [-0.2, -0.15) is 13.2 Å². The molecule has 2 rings (SSSR count). The first kappa shape index (κ1) is 16.2. The minimum Gasteiger partial charge on any atom is -0.388 e. The molecule has 0 saturated heterocycles. The van der Waals surface area contributed by atoms with Crippen LogP contribution < -0.4 is 0 Å². The highest BCUT2D eigenvalue weighted by Gasteiger charge is 2.30. The van der Waals surface area contributed by atoms with Crippen LogP contribution in [0, 0.1) is 9.39 Å². The zero-order valence-corrected chi connectivity index (χ0v) is 12.8. The van der Waals surface area contributed by atoms with Crippen LogP contribution >= 0.6 is 22.6 Å². The molecule has 112 valence electrons. The smallest absolute Gasteiger partial charge is 0.388 e. The maximum absolute atomic E-state index is 13.0. The minimum absolute atomic E-state index is 0.0333. The molecule has 1 atom stereocenters. The number of rotatable bonds is 3. The lowest BCUT2D eigenvalue weighted by molar-refractivity contribution is -0.137. The van der Waals surface area contributed by atoms with Crippen molar-refractivity contribution in [1.82, 2.24) is 0 Å². The lowest BCUT2D eigenvalue weighted by Crippen LogP contribution is -2.08. The van der Waals surface area contributed by atoms with Gasteiger partial charge in [0.1, 0.15) is 5.82 Å². The van der Waals surface area contributed by atoms with E-state index in [0.717, 1.165) is 12.1 Å². The van der Waals surface area contributed by atoms with Crippen molar-refractivity contribution in [2.45, 2.75) is 18.7 Å². The number of hydrogen-bond donors (Lipinski definition) is 1. The Kier molecular flexibility index (Phi) is 4.88. The Bertz CT molecular complexity index is 640. The van der Waals surface area contributed by atoms with Crippen molar-refractivity contribution in [2.24, 2.45) is 0 Å². The fraction of sp³-hybridized carbons (Fsp3) is 0.200. The van der Waals surface area contributed by atoms with Gasteiger partial charge >= 0.3 is 6.18 Å². The highest BCUT2D eigenvalue weighted by atomic mass is 127. The van der Waals surface area contributed by atoms with Gasteiger partial charge in [0, 0.05) is 9.99 Å². The van der Waals surface area contributed by atoms with E-state index >= 15 is 0 Å². The Morgan fingerprint density at radius 3 is 2.43 bits per heavy atom. The summed E-state index contributed by atoms with van der Waals surface area (Å²) in [6.07, 6.45) is -5.36. The van der Waals surface area contributed by atoms with Gasteiger partial charge in [0.05, 0.1) is 11.7 Å². The summed E-state index contributed by atoms with van der Waals surface area (Å²) in [6.45, 7) is 0. The van der Waals surface area contributed by atoms with E-state index in [4.69, 9.17) is 0 Å². The maximum Gasteiger partial charge on any atom is 0.416 e. The van der Waals surface area contributed by atoms with Crippen LogP contribution in [0.2, 0.25) is 0 Å². The Hall–Kier alpha value is -1.15. The predicted octanol–water partition coefficient (Wildman–Crippen LogP) is 4.73. The van der Waals surface area contributed by atoms with Crippen LogP contribution in [-0.4, -0.2) is 5.11 Å². The molecular weight excluding hydrogens is 399 g/mol. The van der Waals surface area contributed by atoms with Gasteiger partial charge in [-0.25, -0.2) is 4.39 Å². The minimum atomic E-state index is -4.41. The van der Waals surface area contributed by atoms with Gasteiger partial charge in [-0.1, -0.05) is 24.3 Å². The maximum atomic E-state index is 13.0. The number of aliphatic hydroxyl groups is 1. The molecular formula is C15H11F4IO. The molecule has 0 aliphatic rings. The molecule has 0 amide bonds.